The summed E-state index contributed by atoms with van der Waals surface area (Å²) in [6, 6.07) is 0. The molecule has 11 heavy (non-hydrogen) atoms. The topological polar surface area (TPSA) is 0 Å². The highest BCUT2D eigenvalue weighted by Crippen LogP contribution is 2.66. The predicted molar refractivity (Wildman–Crippen MR) is 44.9 cm³/mol. The fourth-order valence-corrected chi connectivity index (χ4v) is 4.20. The summed E-state index contributed by atoms with van der Waals surface area (Å²) in [6.07, 6.45) is 11.2. The van der Waals surface area contributed by atoms with Gasteiger partial charge in [-0.05, 0) is 61.7 Å². The molecular weight excluding hydrogens is 132 g/mol. The van der Waals surface area contributed by atoms with Crippen LogP contribution in [0.15, 0.2) is 0 Å². The molecule has 0 spiro atoms. The molecule has 2 radical (unpaired) electrons. The molecule has 2 atom stereocenters. The van der Waals surface area contributed by atoms with Crippen molar-refractivity contribution in [1.82, 2.24) is 0 Å². The number of hydrogen-bond acceptors (Lipinski definition) is 0. The van der Waals surface area contributed by atoms with E-state index in [0.29, 0.717) is 5.41 Å². The molecule has 0 aromatic rings. The van der Waals surface area contributed by atoms with E-state index in [1.165, 1.54) is 25.7 Å². The lowest BCUT2D eigenvalue weighted by atomic mass is 9.74. The van der Waals surface area contributed by atoms with Crippen molar-refractivity contribution in [3.63, 3.8) is 0 Å². The molecule has 0 heterocycles. The summed E-state index contributed by atoms with van der Waals surface area (Å²) >= 11 is 0. The van der Waals surface area contributed by atoms with Gasteiger partial charge in [-0.1, -0.05) is 6.92 Å². The molecule has 4 fully saturated rings. The fourth-order valence-electron chi connectivity index (χ4n) is 4.20. The lowest BCUT2D eigenvalue weighted by Crippen LogP contribution is -2.21. The van der Waals surface area contributed by atoms with Gasteiger partial charge in [-0.25, -0.2) is 0 Å². The largest absolute Gasteiger partial charge is 0.0580 e. The lowest BCUT2D eigenvalue weighted by Gasteiger charge is -2.31. The smallest absolute Gasteiger partial charge is 0.0137 e. The van der Waals surface area contributed by atoms with E-state index in [0.717, 1.165) is 17.8 Å². The van der Waals surface area contributed by atoms with Gasteiger partial charge in [-0.2, -0.15) is 0 Å². The Morgan fingerprint density at radius 2 is 1.73 bits per heavy atom. The van der Waals surface area contributed by atoms with E-state index in [1.807, 2.05) is 0 Å². The molecule has 0 nitrogen and oxygen atoms in total. The second kappa shape index (κ2) is 1.84. The summed E-state index contributed by atoms with van der Waals surface area (Å²) in [7, 11) is 0. The summed E-state index contributed by atoms with van der Waals surface area (Å²) < 4.78 is 0. The molecule has 4 bridgehead atoms. The van der Waals surface area contributed by atoms with Gasteiger partial charge in [0.1, 0.15) is 0 Å². The number of rotatable bonds is 1. The van der Waals surface area contributed by atoms with Crippen LogP contribution < -0.4 is 0 Å². The Morgan fingerprint density at radius 3 is 2.18 bits per heavy atom. The van der Waals surface area contributed by atoms with Gasteiger partial charge < -0.3 is 0 Å². The molecule has 4 aliphatic rings. The molecular formula is C11H16. The van der Waals surface area contributed by atoms with Crippen LogP contribution in [0.3, 0.4) is 0 Å². The third-order valence-corrected chi connectivity index (χ3v) is 4.49. The van der Waals surface area contributed by atoms with Crippen LogP contribution in [-0.2, 0) is 0 Å². The van der Waals surface area contributed by atoms with Gasteiger partial charge in [0.25, 0.3) is 0 Å². The fraction of sp³-hybridized carbons (Fsp3) is 0.909. The van der Waals surface area contributed by atoms with E-state index in [4.69, 9.17) is 0 Å². The van der Waals surface area contributed by atoms with Gasteiger partial charge in [-0.15, -0.1) is 0 Å². The van der Waals surface area contributed by atoms with Crippen molar-refractivity contribution >= 4 is 0 Å². The van der Waals surface area contributed by atoms with Crippen LogP contribution >= 0.6 is 0 Å². The first-order valence-electron chi connectivity index (χ1n) is 5.01. The average molecular weight is 148 g/mol. The highest BCUT2D eigenvalue weighted by Gasteiger charge is 2.56. The molecule has 0 amide bonds. The predicted octanol–water partition coefficient (Wildman–Crippen LogP) is 2.91. The van der Waals surface area contributed by atoms with Crippen molar-refractivity contribution in [3.8, 4) is 0 Å². The summed E-state index contributed by atoms with van der Waals surface area (Å²) in [5.41, 5.74) is 0.619. The third kappa shape index (κ3) is 0.666. The Bertz CT molecular complexity index is 168. The molecule has 4 saturated carbocycles. The Kier molecular flexibility index (Phi) is 1.09. The van der Waals surface area contributed by atoms with E-state index < -0.39 is 0 Å². The minimum Gasteiger partial charge on any atom is -0.0580 e. The van der Waals surface area contributed by atoms with Crippen molar-refractivity contribution in [1.29, 1.82) is 0 Å². The summed E-state index contributed by atoms with van der Waals surface area (Å²) in [6.45, 7) is 2.17. The zero-order chi connectivity index (χ0) is 7.47. The van der Waals surface area contributed by atoms with E-state index in [-0.39, 0.29) is 0 Å². The molecule has 60 valence electrons. The van der Waals surface area contributed by atoms with E-state index >= 15 is 0 Å². The normalized spacial score (nSPS) is 59.2. The van der Waals surface area contributed by atoms with Crippen molar-refractivity contribution in [2.45, 2.75) is 39.0 Å². The van der Waals surface area contributed by atoms with Crippen LogP contribution in [0, 0.1) is 29.6 Å². The quantitative estimate of drug-likeness (QED) is 0.536. The van der Waals surface area contributed by atoms with Gasteiger partial charge in [0.2, 0.25) is 0 Å². The first-order chi connectivity index (χ1) is 5.32. The van der Waals surface area contributed by atoms with Crippen LogP contribution in [0.5, 0.6) is 0 Å². The Hall–Kier alpha value is 0. The first-order valence-corrected chi connectivity index (χ1v) is 5.01. The summed E-state index contributed by atoms with van der Waals surface area (Å²) in [5, 5.41) is 0. The molecule has 4 rings (SSSR count). The van der Waals surface area contributed by atoms with Gasteiger partial charge in [-0.3, -0.25) is 0 Å². The van der Waals surface area contributed by atoms with Gasteiger partial charge >= 0.3 is 0 Å². The first kappa shape index (κ1) is 6.51. The Morgan fingerprint density at radius 1 is 1.09 bits per heavy atom. The molecule has 0 N–H and O–H groups in total. The zero-order valence-corrected chi connectivity index (χ0v) is 7.27. The Labute approximate surface area is 69.4 Å². The second-order valence-corrected chi connectivity index (χ2v) is 4.95. The third-order valence-electron chi connectivity index (χ3n) is 4.49. The van der Waals surface area contributed by atoms with Crippen LogP contribution in [0.2, 0.25) is 0 Å². The van der Waals surface area contributed by atoms with Crippen molar-refractivity contribution in [2.24, 2.45) is 23.2 Å². The maximum atomic E-state index is 3.60. The van der Waals surface area contributed by atoms with Gasteiger partial charge in [0.05, 0.1) is 0 Å². The van der Waals surface area contributed by atoms with E-state index in [9.17, 15) is 0 Å². The average Bonchev–Trinajstić information content (AvgIpc) is 2.37. The van der Waals surface area contributed by atoms with Crippen molar-refractivity contribution < 1.29 is 0 Å². The maximum absolute atomic E-state index is 3.60. The van der Waals surface area contributed by atoms with E-state index in [2.05, 4.69) is 13.3 Å². The van der Waals surface area contributed by atoms with Crippen molar-refractivity contribution in [2.75, 3.05) is 0 Å². The molecule has 0 aromatic heterocycles. The van der Waals surface area contributed by atoms with Crippen LogP contribution in [0.25, 0.3) is 0 Å². The summed E-state index contributed by atoms with van der Waals surface area (Å²) in [5.74, 6) is 3.25. The van der Waals surface area contributed by atoms with Gasteiger partial charge in [0, 0.05) is 0 Å². The minimum atomic E-state index is 0.619. The monoisotopic (exact) mass is 148 g/mol. The van der Waals surface area contributed by atoms with Crippen LogP contribution in [-0.4, -0.2) is 0 Å². The second-order valence-electron chi connectivity index (χ2n) is 4.95. The standard InChI is InChI=1S/C11H16/c1-2-11-6-8-3-9(7-11)5-10(11)4-8/h8-10H,3-7H2,1H3. The Balaban J connectivity index is 1.98. The maximum Gasteiger partial charge on any atom is -0.0137 e. The molecule has 2 unspecified atom stereocenters. The van der Waals surface area contributed by atoms with E-state index in [1.54, 1.807) is 6.42 Å². The van der Waals surface area contributed by atoms with Crippen LogP contribution in [0.4, 0.5) is 0 Å². The lowest BCUT2D eigenvalue weighted by molar-refractivity contribution is 0.238. The van der Waals surface area contributed by atoms with Crippen molar-refractivity contribution in [3.05, 3.63) is 6.42 Å². The highest BCUT2D eigenvalue weighted by molar-refractivity contribution is 5.11. The molecule has 0 aliphatic heterocycles. The minimum absolute atomic E-state index is 0.619. The molecule has 0 saturated heterocycles. The molecule has 0 aromatic carbocycles. The zero-order valence-electron chi connectivity index (χ0n) is 7.27. The van der Waals surface area contributed by atoms with Crippen LogP contribution in [0.1, 0.15) is 39.0 Å². The molecule has 4 aliphatic carbocycles. The SMILES string of the molecule is C[C]C12CC3CC(CC1C3)C2. The molecule has 0 heteroatoms. The van der Waals surface area contributed by atoms with Gasteiger partial charge in [0.15, 0.2) is 0 Å². The highest BCUT2D eigenvalue weighted by atomic mass is 14.6. The summed E-state index contributed by atoms with van der Waals surface area (Å²) in [4.78, 5) is 0. The number of hydrogen-bond donors (Lipinski definition) is 0.